The summed E-state index contributed by atoms with van der Waals surface area (Å²) in [6, 6.07) is 0. The molecule has 206 valence electrons. The number of ether oxygens (including phenoxy) is 5. The lowest BCUT2D eigenvalue weighted by Gasteiger charge is -2.62. The topological polar surface area (TPSA) is 80.3 Å². The van der Waals surface area contributed by atoms with Crippen molar-refractivity contribution < 1.29 is 33.3 Å². The van der Waals surface area contributed by atoms with Gasteiger partial charge in [-0.15, -0.1) is 0 Å². The van der Waals surface area contributed by atoms with Crippen molar-refractivity contribution in [3.8, 4) is 0 Å². The Morgan fingerprint density at radius 2 is 1.67 bits per heavy atom. The maximum absolute atomic E-state index is 13.2. The van der Waals surface area contributed by atoms with E-state index in [0.717, 1.165) is 25.7 Å². The first-order valence-corrected chi connectivity index (χ1v) is 14.0. The summed E-state index contributed by atoms with van der Waals surface area (Å²) in [5.74, 6) is 3.06. The average Bonchev–Trinajstić information content (AvgIpc) is 3.21. The van der Waals surface area contributed by atoms with Crippen molar-refractivity contribution in [2.75, 3.05) is 34.9 Å². The van der Waals surface area contributed by atoms with Gasteiger partial charge in [-0.05, 0) is 91.3 Å². The molecule has 0 spiro atoms. The summed E-state index contributed by atoms with van der Waals surface area (Å²) < 4.78 is 27.6. The first-order valence-electron chi connectivity index (χ1n) is 14.0. The Balaban J connectivity index is 1.57. The molecule has 7 nitrogen and oxygen atoms in total. The molecule has 4 saturated carbocycles. The van der Waals surface area contributed by atoms with Crippen LogP contribution >= 0.6 is 0 Å². The number of Topliss-reactive ketones (excluding diaryl/α,β-unsaturated/α-hetero) is 1. The summed E-state index contributed by atoms with van der Waals surface area (Å²) in [4.78, 5) is 25.0. The van der Waals surface area contributed by atoms with Gasteiger partial charge in [0.25, 0.3) is 0 Å². The Morgan fingerprint density at radius 3 is 2.36 bits per heavy atom. The van der Waals surface area contributed by atoms with E-state index in [0.29, 0.717) is 55.1 Å². The van der Waals surface area contributed by atoms with Gasteiger partial charge in [-0.1, -0.05) is 20.8 Å². The second-order valence-corrected chi connectivity index (χ2v) is 12.6. The lowest BCUT2D eigenvalue weighted by atomic mass is 9.43. The minimum Gasteiger partial charge on any atom is -0.469 e. The van der Waals surface area contributed by atoms with E-state index < -0.39 is 0 Å². The fourth-order valence-electron chi connectivity index (χ4n) is 9.28. The summed E-state index contributed by atoms with van der Waals surface area (Å²) in [5.41, 5.74) is 0.217. The van der Waals surface area contributed by atoms with Crippen molar-refractivity contribution in [2.24, 2.45) is 46.3 Å². The standard InChI is InChI=1S/C29H48O7/c1-18(7-10-26(31)34-6)20-8-9-21-27-22(11-12-28(20,21)2)29(3)15-23(30)24(35-16-32-4)13-19(29)14-25(27)36-17-33-5/h18-22,24-25,27H,7-17H2,1-6H3/t18-,19+,20-,21+,22+,24-,25+,27+,28-,29+/m1/s1. The number of carbonyl (C=O) groups is 2. The molecule has 4 aliphatic carbocycles. The number of methoxy groups -OCH3 is 3. The molecule has 0 aromatic rings. The van der Waals surface area contributed by atoms with Gasteiger partial charge in [0.2, 0.25) is 0 Å². The molecule has 10 atom stereocenters. The van der Waals surface area contributed by atoms with Crippen LogP contribution in [0.15, 0.2) is 0 Å². The zero-order chi connectivity index (χ0) is 26.1. The Bertz CT molecular complexity index is 786. The molecular weight excluding hydrogens is 460 g/mol. The number of esters is 1. The van der Waals surface area contributed by atoms with Crippen LogP contribution in [0, 0.1) is 46.3 Å². The van der Waals surface area contributed by atoms with Crippen LogP contribution in [-0.4, -0.2) is 58.9 Å². The van der Waals surface area contributed by atoms with Gasteiger partial charge in [0.15, 0.2) is 5.78 Å². The summed E-state index contributed by atoms with van der Waals surface area (Å²) >= 11 is 0. The Kier molecular flexibility index (Phi) is 8.85. The first-order chi connectivity index (χ1) is 17.2. The van der Waals surface area contributed by atoms with Crippen LogP contribution in [0.1, 0.15) is 78.6 Å². The second kappa shape index (κ2) is 11.4. The highest BCUT2D eigenvalue weighted by molar-refractivity contribution is 5.84. The fraction of sp³-hybridized carbons (Fsp3) is 0.931. The van der Waals surface area contributed by atoms with Crippen LogP contribution in [0.3, 0.4) is 0 Å². The summed E-state index contributed by atoms with van der Waals surface area (Å²) in [6.07, 6.45) is 8.16. The molecule has 7 heteroatoms. The van der Waals surface area contributed by atoms with Crippen LogP contribution in [0.25, 0.3) is 0 Å². The van der Waals surface area contributed by atoms with Crippen LogP contribution < -0.4 is 0 Å². The van der Waals surface area contributed by atoms with E-state index in [4.69, 9.17) is 23.7 Å². The van der Waals surface area contributed by atoms with E-state index in [1.807, 2.05) is 0 Å². The summed E-state index contributed by atoms with van der Waals surface area (Å²) in [5, 5.41) is 0. The predicted octanol–water partition coefficient (Wildman–Crippen LogP) is 5.00. The van der Waals surface area contributed by atoms with Crippen molar-refractivity contribution >= 4 is 11.8 Å². The van der Waals surface area contributed by atoms with Crippen molar-refractivity contribution in [1.29, 1.82) is 0 Å². The maximum atomic E-state index is 13.2. The van der Waals surface area contributed by atoms with Crippen LogP contribution in [0.4, 0.5) is 0 Å². The lowest BCUT2D eigenvalue weighted by Crippen LogP contribution is -2.60. The smallest absolute Gasteiger partial charge is 0.305 e. The van der Waals surface area contributed by atoms with Crippen LogP contribution in [-0.2, 0) is 33.3 Å². The quantitative estimate of drug-likeness (QED) is 0.303. The maximum Gasteiger partial charge on any atom is 0.305 e. The molecule has 0 aromatic heterocycles. The third-order valence-corrected chi connectivity index (χ3v) is 11.1. The number of ketones is 1. The van der Waals surface area contributed by atoms with E-state index in [9.17, 15) is 9.59 Å². The first kappa shape index (κ1) is 28.0. The molecule has 0 bridgehead atoms. The van der Waals surface area contributed by atoms with Gasteiger partial charge in [0, 0.05) is 27.1 Å². The summed E-state index contributed by atoms with van der Waals surface area (Å²) in [7, 11) is 4.76. The minimum absolute atomic E-state index is 0.0163. The number of carbonyl (C=O) groups excluding carboxylic acids is 2. The molecule has 0 unspecified atom stereocenters. The van der Waals surface area contributed by atoms with E-state index >= 15 is 0 Å². The van der Waals surface area contributed by atoms with Gasteiger partial charge in [-0.2, -0.15) is 0 Å². The lowest BCUT2D eigenvalue weighted by molar-refractivity contribution is -0.212. The van der Waals surface area contributed by atoms with Gasteiger partial charge < -0.3 is 23.7 Å². The van der Waals surface area contributed by atoms with E-state index in [-0.39, 0.29) is 41.6 Å². The highest BCUT2D eigenvalue weighted by atomic mass is 16.7. The van der Waals surface area contributed by atoms with Gasteiger partial charge >= 0.3 is 5.97 Å². The molecule has 4 rings (SSSR count). The second-order valence-electron chi connectivity index (χ2n) is 12.6. The fourth-order valence-corrected chi connectivity index (χ4v) is 9.28. The normalized spacial score (nSPS) is 42.8. The largest absolute Gasteiger partial charge is 0.469 e. The van der Waals surface area contributed by atoms with E-state index in [1.165, 1.54) is 26.4 Å². The average molecular weight is 509 g/mol. The highest BCUT2D eigenvalue weighted by Crippen LogP contribution is 2.68. The molecule has 0 saturated heterocycles. The molecule has 4 fully saturated rings. The van der Waals surface area contributed by atoms with Crippen molar-refractivity contribution in [1.82, 2.24) is 0 Å². The minimum atomic E-state index is -0.372. The number of hydrogen-bond donors (Lipinski definition) is 0. The molecule has 0 N–H and O–H groups in total. The SMILES string of the molecule is COCO[C@H]1C[C@@H]2C[C@@H](OCOC)C(=O)C[C@]2(C)[C@H]2CC[C@]3(C)[C@@H]([C@H](C)CCC(=O)OC)CC[C@H]3[C@H]12. The highest BCUT2D eigenvalue weighted by Gasteiger charge is 2.64. The molecular formula is C29H48O7. The monoisotopic (exact) mass is 508 g/mol. The molecule has 0 aliphatic heterocycles. The number of hydrogen-bond acceptors (Lipinski definition) is 7. The third kappa shape index (κ3) is 5.02. The van der Waals surface area contributed by atoms with Crippen LogP contribution in [0.2, 0.25) is 0 Å². The number of fused-ring (bicyclic) bond motifs is 5. The van der Waals surface area contributed by atoms with Crippen molar-refractivity contribution in [2.45, 2.75) is 90.8 Å². The Hall–Kier alpha value is -1.02. The Labute approximate surface area is 217 Å². The zero-order valence-corrected chi connectivity index (χ0v) is 23.3. The molecule has 0 heterocycles. The molecule has 0 amide bonds. The van der Waals surface area contributed by atoms with Gasteiger partial charge in [-0.25, -0.2) is 0 Å². The third-order valence-electron chi connectivity index (χ3n) is 11.1. The summed E-state index contributed by atoms with van der Waals surface area (Å²) in [6.45, 7) is 7.67. The van der Waals surface area contributed by atoms with E-state index in [2.05, 4.69) is 20.8 Å². The van der Waals surface area contributed by atoms with Gasteiger partial charge in [0.05, 0.1) is 13.2 Å². The molecule has 0 aromatic carbocycles. The van der Waals surface area contributed by atoms with Gasteiger partial charge in [0.1, 0.15) is 19.7 Å². The molecule has 0 radical (unpaired) electrons. The zero-order valence-electron chi connectivity index (χ0n) is 23.3. The van der Waals surface area contributed by atoms with Crippen molar-refractivity contribution in [3.63, 3.8) is 0 Å². The Morgan fingerprint density at radius 1 is 0.972 bits per heavy atom. The van der Waals surface area contributed by atoms with Crippen LogP contribution in [0.5, 0.6) is 0 Å². The number of rotatable bonds is 10. The van der Waals surface area contributed by atoms with Gasteiger partial charge in [-0.3, -0.25) is 9.59 Å². The van der Waals surface area contributed by atoms with E-state index in [1.54, 1.807) is 14.2 Å². The molecule has 36 heavy (non-hydrogen) atoms. The predicted molar refractivity (Wildman–Crippen MR) is 135 cm³/mol. The van der Waals surface area contributed by atoms with Crippen molar-refractivity contribution in [3.05, 3.63) is 0 Å². The molecule has 4 aliphatic rings.